The third-order valence-electron chi connectivity index (χ3n) is 8.36. The molecule has 31 heavy (non-hydrogen) atoms. The summed E-state index contributed by atoms with van der Waals surface area (Å²) in [7, 11) is 0. The molecule has 0 saturated heterocycles. The van der Waals surface area contributed by atoms with E-state index >= 15 is 0 Å². The lowest BCUT2D eigenvalue weighted by atomic mass is 9.39. The predicted octanol–water partition coefficient (Wildman–Crippen LogP) is 2.88. The monoisotopic (exact) mass is 432 g/mol. The van der Waals surface area contributed by atoms with E-state index in [1.807, 2.05) is 26.8 Å². The van der Waals surface area contributed by atoms with Crippen molar-refractivity contribution < 1.29 is 33.7 Å². The van der Waals surface area contributed by atoms with Crippen molar-refractivity contribution in [3.8, 4) is 0 Å². The fraction of sp³-hybridized carbons (Fsp3) is 0.667. The molecule has 1 aromatic rings. The Labute approximate surface area is 182 Å². The van der Waals surface area contributed by atoms with Gasteiger partial charge in [0.1, 0.15) is 29.7 Å². The van der Waals surface area contributed by atoms with Gasteiger partial charge < -0.3 is 24.1 Å². The number of esters is 2. The molecule has 2 fully saturated rings. The Kier molecular flexibility index (Phi) is 4.94. The molecule has 0 aliphatic heterocycles. The predicted molar refractivity (Wildman–Crippen MR) is 112 cm³/mol. The molecule has 7 atom stereocenters. The van der Waals surface area contributed by atoms with Crippen molar-refractivity contribution in [2.45, 2.75) is 77.8 Å². The minimum absolute atomic E-state index is 0.333. The van der Waals surface area contributed by atoms with Crippen LogP contribution in [-0.4, -0.2) is 46.1 Å². The molecule has 0 bridgehead atoms. The largest absolute Gasteiger partial charge is 0.469 e. The average molecular weight is 433 g/mol. The third kappa shape index (κ3) is 2.79. The molecule has 7 heteroatoms. The zero-order chi connectivity index (χ0) is 22.9. The van der Waals surface area contributed by atoms with Gasteiger partial charge in [0.05, 0.1) is 6.26 Å². The number of rotatable bonds is 2. The highest BCUT2D eigenvalue weighted by molar-refractivity contribution is 5.72. The third-order valence-corrected chi connectivity index (χ3v) is 8.36. The van der Waals surface area contributed by atoms with Gasteiger partial charge in [0.15, 0.2) is 0 Å². The van der Waals surface area contributed by atoms with Crippen molar-refractivity contribution in [1.82, 2.24) is 0 Å². The number of furan rings is 1. The van der Waals surface area contributed by atoms with Crippen LogP contribution in [0, 0.1) is 22.7 Å². The normalized spacial score (nSPS) is 40.9. The highest BCUT2D eigenvalue weighted by atomic mass is 16.6. The number of hydrogen-bond donors (Lipinski definition) is 2. The molecule has 3 aliphatic rings. The second-order valence-corrected chi connectivity index (χ2v) is 10.2. The summed E-state index contributed by atoms with van der Waals surface area (Å²) < 4.78 is 17.1. The van der Waals surface area contributed by atoms with E-state index in [-0.39, 0.29) is 5.92 Å². The Morgan fingerprint density at radius 1 is 1.19 bits per heavy atom. The summed E-state index contributed by atoms with van der Waals surface area (Å²) in [5.41, 5.74) is -1.93. The van der Waals surface area contributed by atoms with Crippen molar-refractivity contribution in [2.24, 2.45) is 22.7 Å². The molecular weight excluding hydrogens is 400 g/mol. The van der Waals surface area contributed by atoms with Crippen molar-refractivity contribution in [1.29, 1.82) is 0 Å². The van der Waals surface area contributed by atoms with E-state index < -0.39 is 52.6 Å². The number of fused-ring (bicyclic) bond motifs is 4. The Morgan fingerprint density at radius 3 is 2.45 bits per heavy atom. The van der Waals surface area contributed by atoms with E-state index in [1.165, 1.54) is 13.8 Å². The maximum atomic E-state index is 12.3. The van der Waals surface area contributed by atoms with E-state index in [9.17, 15) is 19.8 Å². The number of aliphatic hydroxyl groups is 2. The topological polar surface area (TPSA) is 106 Å². The first-order chi connectivity index (χ1) is 14.4. The van der Waals surface area contributed by atoms with E-state index in [4.69, 9.17) is 13.9 Å². The first-order valence-electron chi connectivity index (χ1n) is 10.9. The molecule has 0 aromatic carbocycles. The fourth-order valence-corrected chi connectivity index (χ4v) is 6.89. The summed E-state index contributed by atoms with van der Waals surface area (Å²) in [6, 6.07) is 1.82. The van der Waals surface area contributed by atoms with Crippen LogP contribution in [0.4, 0.5) is 0 Å². The van der Waals surface area contributed by atoms with Gasteiger partial charge in [0.25, 0.3) is 0 Å². The standard InChI is InChI=1S/C24H32O7/c1-12-15-8-10-29-17(15)11-16-19(12)20(31-14(3)26)21(27)24(28)22(4,5)9-7-18(23(16,24)6)30-13(2)25/h8,10,16,18-21,27-28H,1,7,9,11H2,2-6H3. The Bertz CT molecular complexity index is 930. The Balaban J connectivity index is 1.96. The first kappa shape index (κ1) is 22.1. The average Bonchev–Trinajstić information content (AvgIpc) is 3.14. The molecule has 7 nitrogen and oxygen atoms in total. The van der Waals surface area contributed by atoms with Crippen LogP contribution in [0.3, 0.4) is 0 Å². The van der Waals surface area contributed by atoms with Crippen molar-refractivity contribution in [2.75, 3.05) is 0 Å². The second-order valence-electron chi connectivity index (χ2n) is 10.2. The van der Waals surface area contributed by atoms with Gasteiger partial charge in [0, 0.05) is 37.2 Å². The van der Waals surface area contributed by atoms with Crippen molar-refractivity contribution in [3.05, 3.63) is 30.2 Å². The van der Waals surface area contributed by atoms with Gasteiger partial charge in [-0.15, -0.1) is 0 Å². The van der Waals surface area contributed by atoms with Crippen LogP contribution in [0.5, 0.6) is 0 Å². The molecule has 170 valence electrons. The molecule has 7 unspecified atom stereocenters. The summed E-state index contributed by atoms with van der Waals surface area (Å²) in [4.78, 5) is 24.0. The zero-order valence-corrected chi connectivity index (χ0v) is 18.8. The molecule has 0 radical (unpaired) electrons. The highest BCUT2D eigenvalue weighted by Gasteiger charge is 2.75. The summed E-state index contributed by atoms with van der Waals surface area (Å²) in [6.07, 6.45) is 0.138. The molecule has 2 N–H and O–H groups in total. The summed E-state index contributed by atoms with van der Waals surface area (Å²) in [5, 5.41) is 24.0. The lowest BCUT2D eigenvalue weighted by molar-refractivity contribution is -0.330. The maximum Gasteiger partial charge on any atom is 0.303 e. The molecule has 1 heterocycles. The van der Waals surface area contributed by atoms with Gasteiger partial charge in [-0.25, -0.2) is 0 Å². The number of ether oxygens (including phenoxy) is 2. The van der Waals surface area contributed by atoms with Gasteiger partial charge in [-0.3, -0.25) is 9.59 Å². The van der Waals surface area contributed by atoms with Gasteiger partial charge >= 0.3 is 11.9 Å². The lowest BCUT2D eigenvalue weighted by Crippen LogP contribution is -2.79. The minimum atomic E-state index is -1.69. The quantitative estimate of drug-likeness (QED) is 0.692. The van der Waals surface area contributed by atoms with Crippen LogP contribution in [0.25, 0.3) is 5.57 Å². The Hall–Kier alpha value is -2.12. The molecule has 4 rings (SSSR count). The SMILES string of the molecule is C=C1c2ccoc2CC2C1C(OC(C)=O)C(O)C1(O)C(C)(C)CCC(OC(C)=O)C21C. The molecular formula is C24H32O7. The number of hydrogen-bond acceptors (Lipinski definition) is 7. The van der Waals surface area contributed by atoms with Gasteiger partial charge in [-0.05, 0) is 35.8 Å². The van der Waals surface area contributed by atoms with Crippen LogP contribution >= 0.6 is 0 Å². The van der Waals surface area contributed by atoms with Crippen LogP contribution < -0.4 is 0 Å². The van der Waals surface area contributed by atoms with Crippen LogP contribution in [-0.2, 0) is 25.5 Å². The summed E-state index contributed by atoms with van der Waals surface area (Å²) in [5.74, 6) is -1.03. The maximum absolute atomic E-state index is 12.3. The van der Waals surface area contributed by atoms with Gasteiger partial charge in [-0.2, -0.15) is 0 Å². The van der Waals surface area contributed by atoms with Gasteiger partial charge in [-0.1, -0.05) is 27.4 Å². The van der Waals surface area contributed by atoms with E-state index in [0.29, 0.717) is 24.8 Å². The van der Waals surface area contributed by atoms with E-state index in [2.05, 4.69) is 6.58 Å². The number of aliphatic hydroxyl groups excluding tert-OH is 1. The van der Waals surface area contributed by atoms with Gasteiger partial charge in [0.2, 0.25) is 0 Å². The second kappa shape index (κ2) is 6.94. The minimum Gasteiger partial charge on any atom is -0.469 e. The van der Waals surface area contributed by atoms with Crippen molar-refractivity contribution in [3.63, 3.8) is 0 Å². The van der Waals surface area contributed by atoms with E-state index in [0.717, 1.165) is 11.3 Å². The van der Waals surface area contributed by atoms with Crippen LogP contribution in [0.2, 0.25) is 0 Å². The summed E-state index contributed by atoms with van der Waals surface area (Å²) in [6.45, 7) is 12.6. The molecule has 3 aliphatic carbocycles. The van der Waals surface area contributed by atoms with Crippen molar-refractivity contribution >= 4 is 17.5 Å². The van der Waals surface area contributed by atoms with E-state index in [1.54, 1.807) is 6.26 Å². The molecule has 0 amide bonds. The molecule has 1 aromatic heterocycles. The summed E-state index contributed by atoms with van der Waals surface area (Å²) >= 11 is 0. The fourth-order valence-electron chi connectivity index (χ4n) is 6.89. The smallest absolute Gasteiger partial charge is 0.303 e. The Morgan fingerprint density at radius 2 is 1.84 bits per heavy atom. The highest BCUT2D eigenvalue weighted by Crippen LogP contribution is 2.67. The molecule has 2 saturated carbocycles. The molecule has 0 spiro atoms. The lowest BCUT2D eigenvalue weighted by Gasteiger charge is -2.69. The first-order valence-corrected chi connectivity index (χ1v) is 10.9. The van der Waals surface area contributed by atoms with Crippen LogP contribution in [0.15, 0.2) is 23.3 Å². The number of carbonyl (C=O) groups excluding carboxylic acids is 2. The van der Waals surface area contributed by atoms with Crippen LogP contribution in [0.1, 0.15) is 58.8 Å². The zero-order valence-electron chi connectivity index (χ0n) is 18.8. The number of carbonyl (C=O) groups is 2.